The summed E-state index contributed by atoms with van der Waals surface area (Å²) in [6.45, 7) is 2.27. The van der Waals surface area contributed by atoms with Crippen LogP contribution in [0.1, 0.15) is 30.7 Å². The Labute approximate surface area is 108 Å². The molecule has 1 unspecified atom stereocenters. The van der Waals surface area contributed by atoms with Crippen molar-refractivity contribution in [2.45, 2.75) is 25.2 Å². The van der Waals surface area contributed by atoms with Crippen molar-refractivity contribution in [3.05, 3.63) is 29.8 Å². The molecule has 1 atom stereocenters. The number of nitrogens with one attached hydrogen (secondary N) is 2. The number of carbonyl (C=O) groups is 1. The van der Waals surface area contributed by atoms with Crippen LogP contribution in [0.5, 0.6) is 0 Å². The van der Waals surface area contributed by atoms with Crippen molar-refractivity contribution in [1.29, 1.82) is 0 Å². The number of rotatable bonds is 5. The molecule has 2 rings (SSSR count). The van der Waals surface area contributed by atoms with E-state index in [1.165, 1.54) is 0 Å². The molecule has 4 N–H and O–H groups in total. The molecule has 4 nitrogen and oxygen atoms in total. The number of fused-ring (bicyclic) bond motifs is 1. The van der Waals surface area contributed by atoms with Gasteiger partial charge in [0, 0.05) is 18.8 Å². The summed E-state index contributed by atoms with van der Waals surface area (Å²) in [7, 11) is 0. The molecule has 4 heteroatoms. The van der Waals surface area contributed by atoms with Gasteiger partial charge in [0.15, 0.2) is 0 Å². The summed E-state index contributed by atoms with van der Waals surface area (Å²) in [5.74, 6) is 0.126. The van der Waals surface area contributed by atoms with E-state index in [9.17, 15) is 4.79 Å². The van der Waals surface area contributed by atoms with Gasteiger partial charge in [-0.3, -0.25) is 4.79 Å². The zero-order chi connectivity index (χ0) is 12.8. The van der Waals surface area contributed by atoms with E-state index in [2.05, 4.69) is 10.6 Å². The third kappa shape index (κ3) is 3.01. The summed E-state index contributed by atoms with van der Waals surface area (Å²) in [4.78, 5) is 12.2. The van der Waals surface area contributed by atoms with Crippen LogP contribution in [0.2, 0.25) is 0 Å². The van der Waals surface area contributed by atoms with E-state index in [1.54, 1.807) is 0 Å². The summed E-state index contributed by atoms with van der Waals surface area (Å²) in [6.07, 6.45) is 2.78. The minimum atomic E-state index is -0.0136. The van der Waals surface area contributed by atoms with Crippen LogP contribution >= 0.6 is 0 Å². The second-order valence-corrected chi connectivity index (χ2v) is 4.64. The van der Waals surface area contributed by atoms with Crippen molar-refractivity contribution in [3.63, 3.8) is 0 Å². The highest BCUT2D eigenvalue weighted by atomic mass is 16.1. The smallest absolute Gasteiger partial charge is 0.227 e. The number of benzene rings is 1. The van der Waals surface area contributed by atoms with Gasteiger partial charge in [-0.1, -0.05) is 18.2 Å². The lowest BCUT2D eigenvalue weighted by atomic mass is 9.90. The molecule has 0 aromatic heterocycles. The second kappa shape index (κ2) is 6.40. The lowest BCUT2D eigenvalue weighted by Gasteiger charge is -2.25. The van der Waals surface area contributed by atoms with E-state index in [-0.39, 0.29) is 11.8 Å². The molecule has 0 bridgehead atoms. The molecule has 0 aliphatic carbocycles. The maximum atomic E-state index is 12.2. The van der Waals surface area contributed by atoms with Gasteiger partial charge in [0.05, 0.1) is 5.92 Å². The Hall–Kier alpha value is -1.55. The minimum Gasteiger partial charge on any atom is -0.385 e. The van der Waals surface area contributed by atoms with E-state index in [1.807, 2.05) is 24.3 Å². The van der Waals surface area contributed by atoms with Gasteiger partial charge in [-0.15, -0.1) is 0 Å². The van der Waals surface area contributed by atoms with E-state index < -0.39 is 0 Å². The molecule has 1 aliphatic heterocycles. The Morgan fingerprint density at radius 2 is 2.22 bits per heavy atom. The van der Waals surface area contributed by atoms with Crippen molar-refractivity contribution in [2.24, 2.45) is 5.73 Å². The molecule has 0 saturated heterocycles. The number of amides is 1. The second-order valence-electron chi connectivity index (χ2n) is 4.64. The Bertz CT molecular complexity index is 406. The fraction of sp³-hybridized carbons (Fsp3) is 0.500. The molecule has 1 aromatic carbocycles. The molecule has 0 spiro atoms. The molecular weight excluding hydrogens is 226 g/mol. The Balaban J connectivity index is 1.95. The van der Waals surface area contributed by atoms with E-state index >= 15 is 0 Å². The van der Waals surface area contributed by atoms with Crippen molar-refractivity contribution >= 4 is 11.6 Å². The highest BCUT2D eigenvalue weighted by Gasteiger charge is 2.25. The molecule has 98 valence electrons. The number of nitrogens with two attached hydrogens (primary N) is 1. The van der Waals surface area contributed by atoms with Gasteiger partial charge in [0.2, 0.25) is 5.91 Å². The van der Waals surface area contributed by atoms with Crippen LogP contribution < -0.4 is 16.4 Å². The van der Waals surface area contributed by atoms with Crippen molar-refractivity contribution < 1.29 is 4.79 Å². The van der Waals surface area contributed by atoms with Crippen molar-refractivity contribution in [3.8, 4) is 0 Å². The monoisotopic (exact) mass is 247 g/mol. The summed E-state index contributed by atoms with van der Waals surface area (Å²) in [5.41, 5.74) is 7.63. The number of hydrogen-bond donors (Lipinski definition) is 3. The lowest BCUT2D eigenvalue weighted by molar-refractivity contribution is -0.122. The number of anilines is 1. The predicted octanol–water partition coefficient (Wildman–Crippen LogP) is 1.44. The van der Waals surface area contributed by atoms with E-state index in [4.69, 9.17) is 5.73 Å². The normalized spacial score (nSPS) is 17.7. The zero-order valence-electron chi connectivity index (χ0n) is 10.6. The highest BCUT2D eigenvalue weighted by Crippen LogP contribution is 2.31. The lowest BCUT2D eigenvalue weighted by Crippen LogP contribution is -2.33. The van der Waals surface area contributed by atoms with E-state index in [0.717, 1.165) is 43.6 Å². The van der Waals surface area contributed by atoms with Crippen LogP contribution in [0.25, 0.3) is 0 Å². The maximum Gasteiger partial charge on any atom is 0.227 e. The van der Waals surface area contributed by atoms with Crippen LogP contribution in [0.15, 0.2) is 24.3 Å². The molecule has 1 aliphatic rings. The summed E-state index contributed by atoms with van der Waals surface area (Å²) >= 11 is 0. The molecule has 0 radical (unpaired) electrons. The number of carbonyl (C=O) groups excluding carboxylic acids is 1. The van der Waals surface area contributed by atoms with Gasteiger partial charge < -0.3 is 16.4 Å². The van der Waals surface area contributed by atoms with Gasteiger partial charge in [0.25, 0.3) is 0 Å². The minimum absolute atomic E-state index is 0.0136. The first-order valence-electron chi connectivity index (χ1n) is 6.63. The van der Waals surface area contributed by atoms with Gasteiger partial charge in [-0.2, -0.15) is 0 Å². The molecule has 1 amide bonds. The molecular formula is C14H21N3O. The Morgan fingerprint density at radius 1 is 1.39 bits per heavy atom. The largest absolute Gasteiger partial charge is 0.385 e. The fourth-order valence-electron chi connectivity index (χ4n) is 2.34. The van der Waals surface area contributed by atoms with E-state index in [0.29, 0.717) is 6.54 Å². The molecule has 1 aromatic rings. The topological polar surface area (TPSA) is 67.1 Å². The molecule has 0 saturated carbocycles. The fourth-order valence-corrected chi connectivity index (χ4v) is 2.34. The standard InChI is InChI=1S/C14H21N3O/c15-8-3-4-9-17-14(18)12-7-10-16-13-6-2-1-5-11(12)13/h1-2,5-6,12,16H,3-4,7-10,15H2,(H,17,18). The van der Waals surface area contributed by atoms with Gasteiger partial charge in [-0.25, -0.2) is 0 Å². The van der Waals surface area contributed by atoms with Crippen molar-refractivity contribution in [2.75, 3.05) is 25.0 Å². The summed E-state index contributed by atoms with van der Waals surface area (Å²) in [6, 6.07) is 8.04. The zero-order valence-corrected chi connectivity index (χ0v) is 10.6. The Kier molecular flexibility index (Phi) is 4.59. The third-order valence-corrected chi connectivity index (χ3v) is 3.33. The van der Waals surface area contributed by atoms with Gasteiger partial charge >= 0.3 is 0 Å². The maximum absolute atomic E-state index is 12.2. The van der Waals surface area contributed by atoms with Crippen LogP contribution in [0.3, 0.4) is 0 Å². The first kappa shape index (κ1) is 12.9. The molecule has 18 heavy (non-hydrogen) atoms. The van der Waals surface area contributed by atoms with Crippen molar-refractivity contribution in [1.82, 2.24) is 5.32 Å². The van der Waals surface area contributed by atoms with Crippen LogP contribution in [0, 0.1) is 0 Å². The average molecular weight is 247 g/mol. The quantitative estimate of drug-likeness (QED) is 0.690. The summed E-state index contributed by atoms with van der Waals surface area (Å²) < 4.78 is 0. The Morgan fingerprint density at radius 3 is 3.06 bits per heavy atom. The number of unbranched alkanes of at least 4 members (excludes halogenated alkanes) is 1. The number of para-hydroxylation sites is 1. The van der Waals surface area contributed by atoms with Crippen LogP contribution in [-0.2, 0) is 4.79 Å². The number of hydrogen-bond acceptors (Lipinski definition) is 3. The van der Waals surface area contributed by atoms with Gasteiger partial charge in [-0.05, 0) is 37.4 Å². The molecule has 1 heterocycles. The SMILES string of the molecule is NCCCCNC(=O)C1CCNc2ccccc21. The third-order valence-electron chi connectivity index (χ3n) is 3.33. The first-order chi connectivity index (χ1) is 8.83. The molecule has 0 fully saturated rings. The first-order valence-corrected chi connectivity index (χ1v) is 6.63. The van der Waals surface area contributed by atoms with Crippen LogP contribution in [0.4, 0.5) is 5.69 Å². The van der Waals surface area contributed by atoms with Crippen LogP contribution in [-0.4, -0.2) is 25.5 Å². The average Bonchev–Trinajstić information content (AvgIpc) is 2.43. The highest BCUT2D eigenvalue weighted by molar-refractivity contribution is 5.86. The van der Waals surface area contributed by atoms with Gasteiger partial charge in [0.1, 0.15) is 0 Å². The summed E-state index contributed by atoms with van der Waals surface area (Å²) in [5, 5.41) is 6.33. The predicted molar refractivity (Wildman–Crippen MR) is 73.6 cm³/mol.